The van der Waals surface area contributed by atoms with Crippen LogP contribution in [0, 0.1) is 5.92 Å². The number of hydrogen-bond donors (Lipinski definition) is 1. The minimum absolute atomic E-state index is 0.584. The predicted molar refractivity (Wildman–Crippen MR) is 75.1 cm³/mol. The van der Waals surface area contributed by atoms with Gasteiger partial charge in [0.05, 0.1) is 12.6 Å². The summed E-state index contributed by atoms with van der Waals surface area (Å²) in [6.07, 6.45) is 7.87. The predicted octanol–water partition coefficient (Wildman–Crippen LogP) is 0.972. The smallest absolute Gasteiger partial charge is 0.165 e. The van der Waals surface area contributed by atoms with Gasteiger partial charge in [-0.05, 0) is 74.5 Å². The zero-order chi connectivity index (χ0) is 13.4. The molecule has 0 amide bonds. The van der Waals surface area contributed by atoms with E-state index < -0.39 is 0 Å². The van der Waals surface area contributed by atoms with Crippen molar-refractivity contribution in [1.29, 1.82) is 0 Å². The summed E-state index contributed by atoms with van der Waals surface area (Å²) in [4.78, 5) is 2.52. The number of hydrogen-bond acceptors (Lipinski definition) is 5. The van der Waals surface area contributed by atoms with Gasteiger partial charge in [0.15, 0.2) is 5.82 Å². The van der Waals surface area contributed by atoms with Crippen LogP contribution in [-0.2, 0) is 6.54 Å². The van der Waals surface area contributed by atoms with Gasteiger partial charge in [0.2, 0.25) is 0 Å². The molecule has 2 saturated heterocycles. The summed E-state index contributed by atoms with van der Waals surface area (Å²) in [7, 11) is 0. The van der Waals surface area contributed by atoms with Gasteiger partial charge in [0.1, 0.15) is 0 Å². The van der Waals surface area contributed by atoms with Gasteiger partial charge in [-0.25, -0.2) is 4.68 Å². The summed E-state index contributed by atoms with van der Waals surface area (Å²) in [6, 6.07) is 1.37. The van der Waals surface area contributed by atoms with Crippen LogP contribution in [0.1, 0.15) is 50.4 Å². The molecule has 110 valence electrons. The number of nitrogens with zero attached hydrogens (tertiary/aromatic N) is 5. The molecule has 3 heterocycles. The number of tetrazole rings is 1. The fourth-order valence-corrected chi connectivity index (χ4v) is 3.75. The molecule has 2 aliphatic heterocycles. The second-order valence-corrected chi connectivity index (χ2v) is 6.59. The second-order valence-electron chi connectivity index (χ2n) is 6.59. The number of likely N-dealkylation sites (tertiary alicyclic amines) is 1. The normalized spacial score (nSPS) is 29.1. The van der Waals surface area contributed by atoms with E-state index in [-0.39, 0.29) is 0 Å². The molecule has 4 rings (SSSR count). The Hall–Kier alpha value is -1.01. The van der Waals surface area contributed by atoms with E-state index in [1.54, 1.807) is 0 Å². The monoisotopic (exact) mass is 276 g/mol. The van der Waals surface area contributed by atoms with Gasteiger partial charge in [-0.15, -0.1) is 5.10 Å². The maximum Gasteiger partial charge on any atom is 0.165 e. The third-order valence-electron chi connectivity index (χ3n) is 5.12. The van der Waals surface area contributed by atoms with E-state index in [4.69, 9.17) is 0 Å². The Bertz CT molecular complexity index is 440. The van der Waals surface area contributed by atoms with Crippen LogP contribution in [0.3, 0.4) is 0 Å². The molecule has 20 heavy (non-hydrogen) atoms. The van der Waals surface area contributed by atoms with Crippen molar-refractivity contribution in [2.75, 3.05) is 19.6 Å². The van der Waals surface area contributed by atoms with Gasteiger partial charge in [-0.3, -0.25) is 4.90 Å². The first kappa shape index (κ1) is 12.7. The first-order chi connectivity index (χ1) is 9.90. The first-order valence-corrected chi connectivity index (χ1v) is 8.12. The van der Waals surface area contributed by atoms with E-state index in [1.807, 2.05) is 4.68 Å². The molecule has 0 bridgehead atoms. The van der Waals surface area contributed by atoms with Crippen molar-refractivity contribution in [2.45, 2.75) is 57.2 Å². The molecule has 1 aromatic rings. The molecular weight excluding hydrogens is 252 g/mol. The van der Waals surface area contributed by atoms with Crippen molar-refractivity contribution < 1.29 is 0 Å². The quantitative estimate of drug-likeness (QED) is 0.888. The molecule has 0 aromatic carbocycles. The van der Waals surface area contributed by atoms with Crippen molar-refractivity contribution in [3.05, 3.63) is 5.82 Å². The Balaban J connectivity index is 1.31. The van der Waals surface area contributed by atoms with Crippen LogP contribution in [0.25, 0.3) is 0 Å². The van der Waals surface area contributed by atoms with Gasteiger partial charge in [0.25, 0.3) is 0 Å². The highest BCUT2D eigenvalue weighted by molar-refractivity contribution is 4.92. The third kappa shape index (κ3) is 2.59. The average Bonchev–Trinajstić information content (AvgIpc) is 3.00. The Kier molecular flexibility index (Phi) is 3.44. The molecule has 3 fully saturated rings. The van der Waals surface area contributed by atoms with Gasteiger partial charge in [0, 0.05) is 6.04 Å². The standard InChI is InChI=1S/C14H24N6/c1-2-13(15-7-1)11-5-8-19(9-6-11)10-14-16-17-18-20(14)12-3-4-12/h11-13,15H,1-10H2. The topological polar surface area (TPSA) is 58.9 Å². The van der Waals surface area contributed by atoms with Crippen molar-refractivity contribution in [2.24, 2.45) is 5.92 Å². The maximum atomic E-state index is 4.22. The van der Waals surface area contributed by atoms with Crippen LogP contribution >= 0.6 is 0 Å². The minimum Gasteiger partial charge on any atom is -0.314 e. The Morgan fingerprint density at radius 2 is 1.95 bits per heavy atom. The summed E-state index contributed by atoms with van der Waals surface area (Å²) in [5.41, 5.74) is 0. The lowest BCUT2D eigenvalue weighted by Crippen LogP contribution is -2.40. The molecule has 0 spiro atoms. The van der Waals surface area contributed by atoms with E-state index >= 15 is 0 Å². The van der Waals surface area contributed by atoms with E-state index in [1.165, 1.54) is 58.2 Å². The summed E-state index contributed by atoms with van der Waals surface area (Å²) < 4.78 is 2.05. The maximum absolute atomic E-state index is 4.22. The van der Waals surface area contributed by atoms with Crippen LogP contribution in [0.5, 0.6) is 0 Å². The molecule has 1 aliphatic carbocycles. The van der Waals surface area contributed by atoms with Crippen molar-refractivity contribution in [3.63, 3.8) is 0 Å². The molecule has 0 radical (unpaired) electrons. The molecule has 1 saturated carbocycles. The highest BCUT2D eigenvalue weighted by Gasteiger charge is 2.31. The molecular formula is C14H24N6. The largest absolute Gasteiger partial charge is 0.314 e. The lowest BCUT2D eigenvalue weighted by Gasteiger charge is -2.34. The van der Waals surface area contributed by atoms with E-state index in [2.05, 4.69) is 25.7 Å². The number of rotatable bonds is 4. The van der Waals surface area contributed by atoms with E-state index in [0.717, 1.165) is 24.3 Å². The molecule has 1 N–H and O–H groups in total. The average molecular weight is 276 g/mol. The van der Waals surface area contributed by atoms with Gasteiger partial charge < -0.3 is 5.32 Å². The van der Waals surface area contributed by atoms with Crippen molar-refractivity contribution >= 4 is 0 Å². The molecule has 3 aliphatic rings. The van der Waals surface area contributed by atoms with Crippen LogP contribution in [0.15, 0.2) is 0 Å². The Labute approximate surface area is 119 Å². The van der Waals surface area contributed by atoms with Gasteiger partial charge >= 0.3 is 0 Å². The Morgan fingerprint density at radius 1 is 1.10 bits per heavy atom. The molecule has 1 atom stereocenters. The fraction of sp³-hybridized carbons (Fsp3) is 0.929. The number of nitrogens with one attached hydrogen (secondary N) is 1. The zero-order valence-electron chi connectivity index (χ0n) is 12.0. The second kappa shape index (κ2) is 5.41. The molecule has 1 unspecified atom stereocenters. The Morgan fingerprint density at radius 3 is 2.65 bits per heavy atom. The highest BCUT2D eigenvalue weighted by Crippen LogP contribution is 2.34. The lowest BCUT2D eigenvalue weighted by molar-refractivity contribution is 0.152. The summed E-state index contributed by atoms with van der Waals surface area (Å²) in [6.45, 7) is 4.54. The lowest BCUT2D eigenvalue weighted by atomic mass is 9.88. The molecule has 1 aromatic heterocycles. The van der Waals surface area contributed by atoms with Gasteiger partial charge in [-0.2, -0.15) is 0 Å². The van der Waals surface area contributed by atoms with Crippen LogP contribution in [0.4, 0.5) is 0 Å². The van der Waals surface area contributed by atoms with Crippen molar-refractivity contribution in [1.82, 2.24) is 30.4 Å². The summed E-state index contributed by atoms with van der Waals surface area (Å²) >= 11 is 0. The zero-order valence-corrected chi connectivity index (χ0v) is 12.0. The number of piperidine rings is 1. The SMILES string of the molecule is C1CNC(C2CCN(Cc3nnnn3C3CC3)CC2)C1. The fourth-order valence-electron chi connectivity index (χ4n) is 3.75. The summed E-state index contributed by atoms with van der Waals surface area (Å²) in [5, 5.41) is 15.9. The van der Waals surface area contributed by atoms with E-state index in [9.17, 15) is 0 Å². The molecule has 6 heteroatoms. The van der Waals surface area contributed by atoms with Gasteiger partial charge in [-0.1, -0.05) is 0 Å². The highest BCUT2D eigenvalue weighted by atomic mass is 15.6. The molecule has 6 nitrogen and oxygen atoms in total. The first-order valence-electron chi connectivity index (χ1n) is 8.12. The van der Waals surface area contributed by atoms with Crippen molar-refractivity contribution in [3.8, 4) is 0 Å². The van der Waals surface area contributed by atoms with E-state index in [0.29, 0.717) is 6.04 Å². The summed E-state index contributed by atoms with van der Waals surface area (Å²) in [5.74, 6) is 1.94. The third-order valence-corrected chi connectivity index (χ3v) is 5.12. The minimum atomic E-state index is 0.584. The van der Waals surface area contributed by atoms with Crippen LogP contribution in [0.2, 0.25) is 0 Å². The van der Waals surface area contributed by atoms with Crippen LogP contribution < -0.4 is 5.32 Å². The number of aromatic nitrogens is 4. The van der Waals surface area contributed by atoms with Crippen LogP contribution in [-0.4, -0.2) is 50.8 Å².